The SMILES string of the molecule is O=C1c2cc(O)ccc2CC12CCN(Cc1ccccc1)CC2. The Kier molecular flexibility index (Phi) is 3.46. The Morgan fingerprint density at radius 2 is 1.78 bits per heavy atom. The third-order valence-corrected chi connectivity index (χ3v) is 5.41. The molecule has 1 heterocycles. The molecule has 3 heteroatoms. The molecule has 0 atom stereocenters. The van der Waals surface area contributed by atoms with Gasteiger partial charge in [-0.2, -0.15) is 0 Å². The standard InChI is InChI=1S/C20H21NO2/c22-17-7-6-16-13-20(19(23)18(16)12-17)8-10-21(11-9-20)14-15-4-2-1-3-5-15/h1-7,12,22H,8-11,13-14H2. The first kappa shape index (κ1) is 14.5. The van der Waals surface area contributed by atoms with E-state index in [1.54, 1.807) is 12.1 Å². The molecule has 1 spiro atoms. The second-order valence-corrected chi connectivity index (χ2v) is 6.89. The van der Waals surface area contributed by atoms with E-state index in [0.717, 1.165) is 50.0 Å². The van der Waals surface area contributed by atoms with Crippen LogP contribution < -0.4 is 0 Å². The summed E-state index contributed by atoms with van der Waals surface area (Å²) in [6, 6.07) is 15.7. The maximum atomic E-state index is 12.9. The highest BCUT2D eigenvalue weighted by Crippen LogP contribution is 2.45. The molecular formula is C20H21NO2. The monoisotopic (exact) mass is 307 g/mol. The maximum Gasteiger partial charge on any atom is 0.169 e. The zero-order valence-electron chi connectivity index (χ0n) is 13.2. The number of nitrogens with zero attached hydrogens (tertiary/aromatic N) is 1. The largest absolute Gasteiger partial charge is 0.508 e. The van der Waals surface area contributed by atoms with Crippen LogP contribution in [-0.2, 0) is 13.0 Å². The zero-order valence-corrected chi connectivity index (χ0v) is 13.2. The van der Waals surface area contributed by atoms with Crippen molar-refractivity contribution in [2.24, 2.45) is 5.41 Å². The summed E-state index contributed by atoms with van der Waals surface area (Å²) in [6.45, 7) is 2.88. The number of phenolic OH excluding ortho intramolecular Hbond substituents is 1. The van der Waals surface area contributed by atoms with E-state index in [0.29, 0.717) is 0 Å². The quantitative estimate of drug-likeness (QED) is 0.924. The minimum Gasteiger partial charge on any atom is -0.508 e. The van der Waals surface area contributed by atoms with E-state index in [-0.39, 0.29) is 16.9 Å². The molecule has 0 radical (unpaired) electrons. The number of likely N-dealkylation sites (tertiary alicyclic amines) is 1. The lowest BCUT2D eigenvalue weighted by Crippen LogP contribution is -2.42. The second kappa shape index (κ2) is 5.50. The van der Waals surface area contributed by atoms with Crippen LogP contribution in [0.2, 0.25) is 0 Å². The smallest absolute Gasteiger partial charge is 0.169 e. The Bertz CT molecular complexity index is 731. The van der Waals surface area contributed by atoms with Gasteiger partial charge in [-0.25, -0.2) is 0 Å². The maximum absolute atomic E-state index is 12.9. The molecule has 2 aliphatic rings. The number of hydrogen-bond donors (Lipinski definition) is 1. The number of fused-ring (bicyclic) bond motifs is 1. The van der Waals surface area contributed by atoms with Gasteiger partial charge in [0.05, 0.1) is 0 Å². The van der Waals surface area contributed by atoms with E-state index >= 15 is 0 Å². The molecule has 1 fully saturated rings. The summed E-state index contributed by atoms with van der Waals surface area (Å²) >= 11 is 0. The number of rotatable bonds is 2. The number of ketones is 1. The average molecular weight is 307 g/mol. The summed E-state index contributed by atoms with van der Waals surface area (Å²) in [7, 11) is 0. The van der Waals surface area contributed by atoms with Crippen LogP contribution in [0.15, 0.2) is 48.5 Å². The number of hydrogen-bond acceptors (Lipinski definition) is 3. The summed E-state index contributed by atoms with van der Waals surface area (Å²) in [5.41, 5.74) is 2.93. The van der Waals surface area contributed by atoms with Crippen molar-refractivity contribution in [1.29, 1.82) is 0 Å². The van der Waals surface area contributed by atoms with Crippen molar-refractivity contribution in [3.05, 3.63) is 65.2 Å². The van der Waals surface area contributed by atoms with E-state index < -0.39 is 0 Å². The Labute approximate surface area is 136 Å². The molecular weight excluding hydrogens is 286 g/mol. The fourth-order valence-electron chi connectivity index (χ4n) is 4.05. The summed E-state index contributed by atoms with van der Waals surface area (Å²) in [5.74, 6) is 0.429. The molecule has 0 bridgehead atoms. The van der Waals surface area contributed by atoms with Gasteiger partial charge in [0.15, 0.2) is 5.78 Å². The number of piperidine rings is 1. The molecule has 0 unspecified atom stereocenters. The van der Waals surface area contributed by atoms with Gasteiger partial charge in [0, 0.05) is 17.5 Å². The lowest BCUT2D eigenvalue weighted by atomic mass is 9.75. The zero-order chi connectivity index (χ0) is 15.9. The van der Waals surface area contributed by atoms with Crippen LogP contribution in [0, 0.1) is 5.41 Å². The van der Waals surface area contributed by atoms with Crippen LogP contribution >= 0.6 is 0 Å². The molecule has 0 saturated carbocycles. The predicted molar refractivity (Wildman–Crippen MR) is 89.5 cm³/mol. The Hall–Kier alpha value is -2.13. The molecule has 0 aromatic heterocycles. The van der Waals surface area contributed by atoms with E-state index in [2.05, 4.69) is 29.2 Å². The number of aromatic hydroxyl groups is 1. The van der Waals surface area contributed by atoms with E-state index in [9.17, 15) is 9.90 Å². The summed E-state index contributed by atoms with van der Waals surface area (Å²) in [5, 5.41) is 9.65. The highest BCUT2D eigenvalue weighted by Gasteiger charge is 2.46. The Morgan fingerprint density at radius 1 is 1.04 bits per heavy atom. The number of carbonyl (C=O) groups is 1. The fourth-order valence-corrected chi connectivity index (χ4v) is 4.05. The predicted octanol–water partition coefficient (Wildman–Crippen LogP) is 3.41. The number of carbonyl (C=O) groups excluding carboxylic acids is 1. The van der Waals surface area contributed by atoms with Crippen molar-refractivity contribution < 1.29 is 9.90 Å². The topological polar surface area (TPSA) is 40.5 Å². The average Bonchev–Trinajstić information content (AvgIpc) is 2.83. The van der Waals surface area contributed by atoms with Crippen molar-refractivity contribution in [3.8, 4) is 5.75 Å². The normalized spacial score (nSPS) is 19.9. The highest BCUT2D eigenvalue weighted by atomic mass is 16.3. The van der Waals surface area contributed by atoms with Crippen molar-refractivity contribution >= 4 is 5.78 Å². The molecule has 3 nitrogen and oxygen atoms in total. The van der Waals surface area contributed by atoms with Crippen LogP contribution in [0.1, 0.15) is 34.3 Å². The minimum atomic E-state index is -0.233. The molecule has 2 aromatic rings. The molecule has 2 aromatic carbocycles. The van der Waals surface area contributed by atoms with E-state index in [1.807, 2.05) is 12.1 Å². The van der Waals surface area contributed by atoms with Crippen molar-refractivity contribution in [2.45, 2.75) is 25.8 Å². The van der Waals surface area contributed by atoms with Gasteiger partial charge in [0.1, 0.15) is 5.75 Å². The lowest BCUT2D eigenvalue weighted by molar-refractivity contribution is 0.0623. The van der Waals surface area contributed by atoms with E-state index in [1.165, 1.54) is 5.56 Å². The first-order valence-corrected chi connectivity index (χ1v) is 8.29. The van der Waals surface area contributed by atoms with Gasteiger partial charge >= 0.3 is 0 Å². The third-order valence-electron chi connectivity index (χ3n) is 5.41. The van der Waals surface area contributed by atoms with Crippen LogP contribution in [0.25, 0.3) is 0 Å². The molecule has 4 rings (SSSR count). The van der Waals surface area contributed by atoms with Crippen LogP contribution in [0.4, 0.5) is 0 Å². The highest BCUT2D eigenvalue weighted by molar-refractivity contribution is 6.05. The van der Waals surface area contributed by atoms with Crippen molar-refractivity contribution in [3.63, 3.8) is 0 Å². The summed E-state index contributed by atoms with van der Waals surface area (Å²) in [6.07, 6.45) is 2.66. The first-order valence-electron chi connectivity index (χ1n) is 8.29. The lowest BCUT2D eigenvalue weighted by Gasteiger charge is -2.38. The van der Waals surface area contributed by atoms with Crippen LogP contribution in [-0.4, -0.2) is 28.9 Å². The van der Waals surface area contributed by atoms with Gasteiger partial charge in [0.25, 0.3) is 0 Å². The van der Waals surface area contributed by atoms with Gasteiger partial charge in [-0.05, 0) is 55.6 Å². The summed E-state index contributed by atoms with van der Waals surface area (Å²) < 4.78 is 0. The minimum absolute atomic E-state index is 0.190. The molecule has 0 amide bonds. The number of phenols is 1. The molecule has 1 aliphatic heterocycles. The molecule has 1 N–H and O–H groups in total. The van der Waals surface area contributed by atoms with Crippen LogP contribution in [0.5, 0.6) is 5.75 Å². The summed E-state index contributed by atoms with van der Waals surface area (Å²) in [4.78, 5) is 15.3. The molecule has 23 heavy (non-hydrogen) atoms. The molecule has 1 aliphatic carbocycles. The number of Topliss-reactive ketones (excluding diaryl/α,β-unsaturated/α-hetero) is 1. The number of benzene rings is 2. The van der Waals surface area contributed by atoms with Crippen molar-refractivity contribution in [2.75, 3.05) is 13.1 Å². The van der Waals surface area contributed by atoms with Gasteiger partial charge in [0.2, 0.25) is 0 Å². The second-order valence-electron chi connectivity index (χ2n) is 6.89. The Balaban J connectivity index is 1.47. The van der Waals surface area contributed by atoms with Crippen LogP contribution in [0.3, 0.4) is 0 Å². The van der Waals surface area contributed by atoms with Gasteiger partial charge < -0.3 is 5.11 Å². The Morgan fingerprint density at radius 3 is 2.52 bits per heavy atom. The fraction of sp³-hybridized carbons (Fsp3) is 0.350. The van der Waals surface area contributed by atoms with E-state index in [4.69, 9.17) is 0 Å². The van der Waals surface area contributed by atoms with Gasteiger partial charge in [-0.3, -0.25) is 9.69 Å². The first-order chi connectivity index (χ1) is 11.2. The van der Waals surface area contributed by atoms with Crippen molar-refractivity contribution in [1.82, 2.24) is 4.90 Å². The molecule has 118 valence electrons. The van der Waals surface area contributed by atoms with Gasteiger partial charge in [-0.15, -0.1) is 0 Å². The van der Waals surface area contributed by atoms with Gasteiger partial charge in [-0.1, -0.05) is 36.4 Å². The molecule has 1 saturated heterocycles. The third kappa shape index (κ3) is 2.55.